The molecule has 0 radical (unpaired) electrons. The van der Waals surface area contributed by atoms with Gasteiger partial charge >= 0.3 is 5.97 Å². The molecule has 1 aromatic rings. The van der Waals surface area contributed by atoms with Gasteiger partial charge in [-0.2, -0.15) is 0 Å². The van der Waals surface area contributed by atoms with Crippen LogP contribution in [-0.2, 0) is 14.9 Å². The highest BCUT2D eigenvalue weighted by molar-refractivity contribution is 9.10. The molecule has 3 heteroatoms. The largest absolute Gasteiger partial charge is 0.465 e. The van der Waals surface area contributed by atoms with Gasteiger partial charge < -0.3 is 4.74 Å². The normalized spacial score (nSPS) is 21.6. The van der Waals surface area contributed by atoms with Gasteiger partial charge in [0, 0.05) is 4.47 Å². The molecule has 1 aromatic carbocycles. The Labute approximate surface area is 176 Å². The number of esters is 1. The van der Waals surface area contributed by atoms with Crippen molar-refractivity contribution >= 4 is 21.9 Å². The van der Waals surface area contributed by atoms with Gasteiger partial charge in [-0.1, -0.05) is 72.3 Å². The lowest BCUT2D eigenvalue weighted by molar-refractivity contribution is -0.146. The highest BCUT2D eigenvalue weighted by atomic mass is 79.9. The van der Waals surface area contributed by atoms with Gasteiger partial charge in [0.1, 0.15) is 5.41 Å². The van der Waals surface area contributed by atoms with E-state index in [0.29, 0.717) is 12.5 Å². The number of rotatable bonds is 4. The molecular weight excluding hydrogens is 412 g/mol. The fourth-order valence-corrected chi connectivity index (χ4v) is 4.02. The topological polar surface area (TPSA) is 26.3 Å². The second-order valence-electron chi connectivity index (χ2n) is 7.71. The van der Waals surface area contributed by atoms with Crippen molar-refractivity contribution in [2.24, 2.45) is 5.92 Å². The molecule has 2 aliphatic carbocycles. The molecule has 3 rings (SSSR count). The Morgan fingerprint density at radius 2 is 1.71 bits per heavy atom. The zero-order chi connectivity index (χ0) is 20.5. The molecule has 1 atom stereocenters. The third-order valence-electron chi connectivity index (χ3n) is 5.39. The van der Waals surface area contributed by atoms with Crippen molar-refractivity contribution < 1.29 is 9.53 Å². The Morgan fingerprint density at radius 1 is 1.04 bits per heavy atom. The van der Waals surface area contributed by atoms with Crippen LogP contribution in [0.4, 0.5) is 0 Å². The molecule has 28 heavy (non-hydrogen) atoms. The summed E-state index contributed by atoms with van der Waals surface area (Å²) < 4.78 is 6.51. The molecule has 0 amide bonds. The minimum atomic E-state index is -0.926. The van der Waals surface area contributed by atoms with Crippen molar-refractivity contribution in [1.29, 1.82) is 0 Å². The van der Waals surface area contributed by atoms with Gasteiger partial charge in [-0.15, -0.1) is 0 Å². The van der Waals surface area contributed by atoms with Crippen LogP contribution >= 0.6 is 15.9 Å². The van der Waals surface area contributed by atoms with Crippen LogP contribution in [0.3, 0.4) is 0 Å². The van der Waals surface area contributed by atoms with Crippen molar-refractivity contribution in [2.45, 2.75) is 40.0 Å². The predicted octanol–water partition coefficient (Wildman–Crippen LogP) is 6.61. The first-order valence-electron chi connectivity index (χ1n) is 9.75. The summed E-state index contributed by atoms with van der Waals surface area (Å²) in [7, 11) is 0. The molecule has 0 aromatic heterocycles. The summed E-state index contributed by atoms with van der Waals surface area (Å²) in [5.41, 5.74) is 5.80. The summed E-state index contributed by atoms with van der Waals surface area (Å²) in [4.78, 5) is 13.2. The first-order chi connectivity index (χ1) is 13.3. The maximum Gasteiger partial charge on any atom is 0.324 e. The van der Waals surface area contributed by atoms with E-state index in [9.17, 15) is 4.79 Å². The van der Waals surface area contributed by atoms with Gasteiger partial charge in [-0.3, -0.25) is 4.79 Å². The SMILES string of the molecule is CCOC(=O)C1(c2ccc(Br)cc2)C=C(C)C2=CC(C(C)C)=CC=C(C)C2=C1. The molecule has 2 nitrogen and oxygen atoms in total. The molecule has 0 saturated heterocycles. The van der Waals surface area contributed by atoms with Crippen molar-refractivity contribution in [1.82, 2.24) is 0 Å². The van der Waals surface area contributed by atoms with Crippen molar-refractivity contribution in [3.05, 3.63) is 92.5 Å². The van der Waals surface area contributed by atoms with E-state index in [1.54, 1.807) is 0 Å². The smallest absolute Gasteiger partial charge is 0.324 e. The predicted molar refractivity (Wildman–Crippen MR) is 119 cm³/mol. The fourth-order valence-electron chi connectivity index (χ4n) is 3.76. The highest BCUT2D eigenvalue weighted by Gasteiger charge is 2.41. The van der Waals surface area contributed by atoms with Crippen LogP contribution in [0.2, 0.25) is 0 Å². The second-order valence-corrected chi connectivity index (χ2v) is 8.63. The third-order valence-corrected chi connectivity index (χ3v) is 5.92. The lowest BCUT2D eigenvalue weighted by atomic mass is 9.71. The van der Waals surface area contributed by atoms with Crippen LogP contribution in [0.5, 0.6) is 0 Å². The first kappa shape index (κ1) is 20.6. The van der Waals surface area contributed by atoms with Gasteiger partial charge in [-0.05, 0) is 72.3 Å². The van der Waals surface area contributed by atoms with E-state index in [1.807, 2.05) is 31.2 Å². The highest BCUT2D eigenvalue weighted by Crippen LogP contribution is 2.43. The minimum absolute atomic E-state index is 0.239. The van der Waals surface area contributed by atoms with E-state index in [1.165, 1.54) is 11.1 Å². The lowest BCUT2D eigenvalue weighted by Gasteiger charge is -2.33. The maximum atomic E-state index is 13.2. The Balaban J connectivity index is 2.24. The average Bonchev–Trinajstić information content (AvgIpc) is 2.82. The van der Waals surface area contributed by atoms with E-state index >= 15 is 0 Å². The lowest BCUT2D eigenvalue weighted by Crippen LogP contribution is -2.36. The van der Waals surface area contributed by atoms with Crippen LogP contribution in [0, 0.1) is 5.92 Å². The molecule has 0 saturated carbocycles. The van der Waals surface area contributed by atoms with E-state index < -0.39 is 5.41 Å². The van der Waals surface area contributed by atoms with E-state index in [2.05, 4.69) is 74.0 Å². The van der Waals surface area contributed by atoms with Crippen molar-refractivity contribution in [2.75, 3.05) is 6.61 Å². The summed E-state index contributed by atoms with van der Waals surface area (Å²) in [6.07, 6.45) is 10.7. The number of hydrogen-bond donors (Lipinski definition) is 0. The van der Waals surface area contributed by atoms with E-state index in [0.717, 1.165) is 26.8 Å². The maximum absolute atomic E-state index is 13.2. The van der Waals surface area contributed by atoms with Crippen molar-refractivity contribution in [3.63, 3.8) is 0 Å². The van der Waals surface area contributed by atoms with Crippen LogP contribution in [-0.4, -0.2) is 12.6 Å². The fraction of sp³-hybridized carbons (Fsp3) is 0.320. The Morgan fingerprint density at radius 3 is 2.32 bits per heavy atom. The van der Waals surface area contributed by atoms with E-state index in [-0.39, 0.29) is 5.97 Å². The Kier molecular flexibility index (Phi) is 5.95. The first-order valence-corrected chi connectivity index (χ1v) is 10.5. The number of allylic oxidation sites excluding steroid dienone is 8. The summed E-state index contributed by atoms with van der Waals surface area (Å²) in [5.74, 6) is 0.198. The molecule has 0 heterocycles. The molecule has 0 fully saturated rings. The van der Waals surface area contributed by atoms with Gasteiger partial charge in [0.2, 0.25) is 0 Å². The summed E-state index contributed by atoms with van der Waals surface area (Å²) in [6.45, 7) is 10.8. The van der Waals surface area contributed by atoms with Crippen LogP contribution in [0.15, 0.2) is 87.0 Å². The van der Waals surface area contributed by atoms with Crippen LogP contribution in [0.1, 0.15) is 40.2 Å². The van der Waals surface area contributed by atoms with Crippen LogP contribution in [0.25, 0.3) is 0 Å². The molecule has 0 bridgehead atoms. The number of carbonyl (C=O) groups excluding carboxylic acids is 1. The van der Waals surface area contributed by atoms with Gasteiger partial charge in [0.15, 0.2) is 0 Å². The zero-order valence-electron chi connectivity index (χ0n) is 17.2. The summed E-state index contributed by atoms with van der Waals surface area (Å²) >= 11 is 3.49. The van der Waals surface area contributed by atoms with Crippen molar-refractivity contribution in [3.8, 4) is 0 Å². The number of benzene rings is 1. The second kappa shape index (κ2) is 8.08. The van der Waals surface area contributed by atoms with Gasteiger partial charge in [-0.25, -0.2) is 0 Å². The molecule has 2 aliphatic rings. The number of halogens is 1. The molecule has 0 spiro atoms. The summed E-state index contributed by atoms with van der Waals surface area (Å²) in [5, 5.41) is 0. The molecular formula is C25H27BrO2. The number of ether oxygens (including phenoxy) is 1. The molecule has 0 aliphatic heterocycles. The Hall–Kier alpha value is -2.13. The third kappa shape index (κ3) is 3.73. The average molecular weight is 439 g/mol. The van der Waals surface area contributed by atoms with E-state index in [4.69, 9.17) is 4.74 Å². The van der Waals surface area contributed by atoms with Gasteiger partial charge in [0.05, 0.1) is 6.61 Å². The van der Waals surface area contributed by atoms with Gasteiger partial charge in [0.25, 0.3) is 0 Å². The van der Waals surface area contributed by atoms with Crippen LogP contribution < -0.4 is 0 Å². The number of carbonyl (C=O) groups is 1. The number of hydrogen-bond acceptors (Lipinski definition) is 2. The zero-order valence-corrected chi connectivity index (χ0v) is 18.8. The molecule has 1 unspecified atom stereocenters. The molecule has 146 valence electrons. The summed E-state index contributed by atoms with van der Waals surface area (Å²) in [6, 6.07) is 7.92. The quantitative estimate of drug-likeness (QED) is 0.494. The monoisotopic (exact) mass is 438 g/mol. The molecule has 0 N–H and O–H groups in total. The number of fused-ring (bicyclic) bond motifs is 1. The standard InChI is InChI=1S/C25H27BrO2/c1-6-28-24(27)25(20-9-11-21(26)12-10-20)14-18(5)22-13-19(16(2)3)8-7-17(4)23(22)15-25/h7-16H,6H2,1-5H3. The Bertz CT molecular complexity index is 939. The minimum Gasteiger partial charge on any atom is -0.465 e.